The van der Waals surface area contributed by atoms with E-state index in [9.17, 15) is 4.79 Å². The number of carboxylic acids is 1. The monoisotopic (exact) mass is 239 g/mol. The molecule has 0 saturated heterocycles. The maximum Gasteiger partial charge on any atom is 0.324 e. The highest BCUT2D eigenvalue weighted by molar-refractivity contribution is 7.98. The average molecular weight is 239 g/mol. The molecule has 0 saturated carbocycles. The van der Waals surface area contributed by atoms with Gasteiger partial charge in [-0.2, -0.15) is 11.8 Å². The fraction of sp³-hybridized carbons (Fsp3) is 0.417. The van der Waals surface area contributed by atoms with Gasteiger partial charge in [0.25, 0.3) is 0 Å². The molecule has 1 rings (SSSR count). The number of hydrogen-bond acceptors (Lipinski definition) is 3. The standard InChI is InChI=1S/C12H17NO2S/c1-2-12(13,11(14)15)9-16-8-10-6-4-3-5-7-10/h3-7H,2,8-9,13H2,1H3,(H,14,15). The van der Waals surface area contributed by atoms with Crippen LogP contribution in [0.5, 0.6) is 0 Å². The maximum atomic E-state index is 11.0. The Kier molecular flexibility index (Phi) is 4.83. The van der Waals surface area contributed by atoms with Gasteiger partial charge in [0.15, 0.2) is 0 Å². The number of nitrogens with two attached hydrogens (primary N) is 1. The number of hydrogen-bond donors (Lipinski definition) is 2. The van der Waals surface area contributed by atoms with Gasteiger partial charge in [-0.3, -0.25) is 4.79 Å². The van der Waals surface area contributed by atoms with Gasteiger partial charge in [0.2, 0.25) is 0 Å². The lowest BCUT2D eigenvalue weighted by Gasteiger charge is -2.22. The molecule has 1 unspecified atom stereocenters. The molecule has 1 aromatic rings. The smallest absolute Gasteiger partial charge is 0.324 e. The summed E-state index contributed by atoms with van der Waals surface area (Å²) < 4.78 is 0. The molecule has 0 spiro atoms. The molecule has 16 heavy (non-hydrogen) atoms. The summed E-state index contributed by atoms with van der Waals surface area (Å²) in [6.45, 7) is 1.80. The Balaban J connectivity index is 2.43. The molecule has 4 heteroatoms. The lowest BCUT2D eigenvalue weighted by molar-refractivity contribution is -0.142. The molecule has 3 N–H and O–H groups in total. The first-order valence-electron chi connectivity index (χ1n) is 5.22. The third-order valence-corrected chi connectivity index (χ3v) is 3.78. The van der Waals surface area contributed by atoms with Crippen LogP contribution in [0.2, 0.25) is 0 Å². The fourth-order valence-electron chi connectivity index (χ4n) is 1.24. The molecule has 0 fully saturated rings. The van der Waals surface area contributed by atoms with Gasteiger partial charge in [-0.1, -0.05) is 37.3 Å². The second kappa shape index (κ2) is 5.92. The third-order valence-electron chi connectivity index (χ3n) is 2.53. The van der Waals surface area contributed by atoms with E-state index >= 15 is 0 Å². The molecule has 0 aliphatic carbocycles. The molecule has 1 aromatic carbocycles. The topological polar surface area (TPSA) is 63.3 Å². The SMILES string of the molecule is CCC(N)(CSCc1ccccc1)C(=O)O. The van der Waals surface area contributed by atoms with E-state index in [2.05, 4.69) is 0 Å². The maximum absolute atomic E-state index is 11.0. The molecular weight excluding hydrogens is 222 g/mol. The van der Waals surface area contributed by atoms with Gasteiger partial charge >= 0.3 is 5.97 Å². The van der Waals surface area contributed by atoms with Gasteiger partial charge in [0.1, 0.15) is 5.54 Å². The van der Waals surface area contributed by atoms with Crippen molar-refractivity contribution in [2.45, 2.75) is 24.6 Å². The zero-order valence-electron chi connectivity index (χ0n) is 9.35. The number of carbonyl (C=O) groups is 1. The van der Waals surface area contributed by atoms with Crippen molar-refractivity contribution in [3.8, 4) is 0 Å². The summed E-state index contributed by atoms with van der Waals surface area (Å²) in [5.41, 5.74) is 5.88. The first-order chi connectivity index (χ1) is 7.58. The molecule has 88 valence electrons. The van der Waals surface area contributed by atoms with Gasteiger partial charge in [0, 0.05) is 11.5 Å². The van der Waals surface area contributed by atoms with Gasteiger partial charge in [-0.25, -0.2) is 0 Å². The number of aliphatic carboxylic acids is 1. The van der Waals surface area contributed by atoms with Gasteiger partial charge < -0.3 is 10.8 Å². The molecular formula is C12H17NO2S. The molecule has 1 atom stereocenters. The molecule has 0 aliphatic heterocycles. The second-order valence-corrected chi connectivity index (χ2v) is 4.78. The van der Waals surface area contributed by atoms with Crippen LogP contribution >= 0.6 is 11.8 Å². The highest BCUT2D eigenvalue weighted by atomic mass is 32.2. The molecule has 3 nitrogen and oxygen atoms in total. The number of rotatable bonds is 6. The van der Waals surface area contributed by atoms with Crippen molar-refractivity contribution in [2.24, 2.45) is 5.73 Å². The van der Waals surface area contributed by atoms with Crippen molar-refractivity contribution >= 4 is 17.7 Å². The Labute approximate surface area is 100 Å². The van der Waals surface area contributed by atoms with Crippen molar-refractivity contribution in [2.75, 3.05) is 5.75 Å². The summed E-state index contributed by atoms with van der Waals surface area (Å²) in [7, 11) is 0. The molecule has 0 heterocycles. The number of carboxylic acid groups (broad SMARTS) is 1. The van der Waals surface area contributed by atoms with Gasteiger partial charge in [-0.05, 0) is 12.0 Å². The largest absolute Gasteiger partial charge is 0.480 e. The van der Waals surface area contributed by atoms with Crippen LogP contribution in [-0.2, 0) is 10.5 Å². The highest BCUT2D eigenvalue weighted by Gasteiger charge is 2.31. The van der Waals surface area contributed by atoms with Crippen molar-refractivity contribution in [1.82, 2.24) is 0 Å². The normalized spacial score (nSPS) is 14.4. The molecule has 0 amide bonds. The van der Waals surface area contributed by atoms with Crippen LogP contribution in [0.3, 0.4) is 0 Å². The lowest BCUT2D eigenvalue weighted by Crippen LogP contribution is -2.49. The van der Waals surface area contributed by atoms with Gasteiger partial charge in [0.05, 0.1) is 0 Å². The van der Waals surface area contributed by atoms with Crippen LogP contribution in [0.25, 0.3) is 0 Å². The molecule has 0 bridgehead atoms. The predicted octanol–water partition coefficient (Wildman–Crippen LogP) is 2.11. The van der Waals surface area contributed by atoms with E-state index in [0.717, 1.165) is 5.75 Å². The molecule has 0 radical (unpaired) electrons. The van der Waals surface area contributed by atoms with E-state index in [-0.39, 0.29) is 0 Å². The Morgan fingerprint density at radius 2 is 2.06 bits per heavy atom. The summed E-state index contributed by atoms with van der Waals surface area (Å²) in [5, 5.41) is 8.99. The Morgan fingerprint density at radius 1 is 1.44 bits per heavy atom. The Morgan fingerprint density at radius 3 is 2.56 bits per heavy atom. The van der Waals surface area contributed by atoms with Crippen LogP contribution in [0.15, 0.2) is 30.3 Å². The van der Waals surface area contributed by atoms with E-state index in [4.69, 9.17) is 10.8 Å². The second-order valence-electron chi connectivity index (χ2n) is 3.79. The first-order valence-corrected chi connectivity index (χ1v) is 6.38. The minimum absolute atomic E-state index is 0.438. The summed E-state index contributed by atoms with van der Waals surface area (Å²) in [6, 6.07) is 9.96. The van der Waals surface area contributed by atoms with Crippen molar-refractivity contribution < 1.29 is 9.90 Å². The van der Waals surface area contributed by atoms with Crippen molar-refractivity contribution in [3.05, 3.63) is 35.9 Å². The van der Waals surface area contributed by atoms with E-state index in [0.29, 0.717) is 12.2 Å². The fourth-order valence-corrected chi connectivity index (χ4v) is 2.46. The predicted molar refractivity (Wildman–Crippen MR) is 67.4 cm³/mol. The minimum Gasteiger partial charge on any atom is -0.480 e. The summed E-state index contributed by atoms with van der Waals surface area (Å²) in [6.07, 6.45) is 0.449. The summed E-state index contributed by atoms with van der Waals surface area (Å²) in [4.78, 5) is 11.0. The highest BCUT2D eigenvalue weighted by Crippen LogP contribution is 2.19. The van der Waals surface area contributed by atoms with Gasteiger partial charge in [-0.15, -0.1) is 0 Å². The number of thioether (sulfide) groups is 1. The number of benzene rings is 1. The van der Waals surface area contributed by atoms with Crippen molar-refractivity contribution in [3.63, 3.8) is 0 Å². The Bertz CT molecular complexity index is 342. The van der Waals surface area contributed by atoms with E-state index in [1.54, 1.807) is 18.7 Å². The van der Waals surface area contributed by atoms with E-state index < -0.39 is 11.5 Å². The van der Waals surface area contributed by atoms with Crippen LogP contribution in [0.4, 0.5) is 0 Å². The zero-order valence-corrected chi connectivity index (χ0v) is 10.2. The quantitative estimate of drug-likeness (QED) is 0.798. The van der Waals surface area contributed by atoms with E-state index in [1.807, 2.05) is 30.3 Å². The van der Waals surface area contributed by atoms with Crippen LogP contribution < -0.4 is 5.73 Å². The van der Waals surface area contributed by atoms with Crippen LogP contribution in [0, 0.1) is 0 Å². The Hall–Kier alpha value is -1.00. The minimum atomic E-state index is -1.10. The van der Waals surface area contributed by atoms with Crippen molar-refractivity contribution in [1.29, 1.82) is 0 Å². The molecule has 0 aliphatic rings. The third kappa shape index (κ3) is 3.54. The summed E-state index contributed by atoms with van der Waals surface area (Å²) >= 11 is 1.56. The summed E-state index contributed by atoms with van der Waals surface area (Å²) in [5.74, 6) is 0.316. The average Bonchev–Trinajstić information content (AvgIpc) is 2.30. The van der Waals surface area contributed by atoms with Crippen LogP contribution in [-0.4, -0.2) is 22.4 Å². The van der Waals surface area contributed by atoms with E-state index in [1.165, 1.54) is 5.56 Å². The lowest BCUT2D eigenvalue weighted by atomic mass is 10.0. The first kappa shape index (κ1) is 13.1. The van der Waals surface area contributed by atoms with Crippen LogP contribution in [0.1, 0.15) is 18.9 Å². The molecule has 0 aromatic heterocycles. The zero-order chi connectivity index (χ0) is 12.0.